The topological polar surface area (TPSA) is 101 Å². The Labute approximate surface area is 257 Å². The molecule has 1 spiro atoms. The zero-order valence-electron chi connectivity index (χ0n) is 24.6. The van der Waals surface area contributed by atoms with Gasteiger partial charge in [-0.3, -0.25) is 9.97 Å². The van der Waals surface area contributed by atoms with E-state index in [-0.39, 0.29) is 0 Å². The van der Waals surface area contributed by atoms with Crippen molar-refractivity contribution in [1.29, 1.82) is 5.26 Å². The molecule has 222 valence electrons. The molecular weight excluding hydrogens is 562 g/mol. The lowest BCUT2D eigenvalue weighted by molar-refractivity contribution is 0.181. The van der Waals surface area contributed by atoms with E-state index in [9.17, 15) is 5.26 Å². The summed E-state index contributed by atoms with van der Waals surface area (Å²) in [5.74, 6) is 2.41. The average molecular weight is 598 g/mol. The van der Waals surface area contributed by atoms with Gasteiger partial charge in [-0.25, -0.2) is 0 Å². The molecule has 1 saturated carbocycles. The fourth-order valence-corrected chi connectivity index (χ4v) is 6.64. The van der Waals surface area contributed by atoms with Crippen LogP contribution in [0.5, 0.6) is 17.2 Å². The maximum Gasteiger partial charge on any atom is 0.163 e. The van der Waals surface area contributed by atoms with Gasteiger partial charge in [0.25, 0.3) is 0 Å². The third kappa shape index (κ3) is 6.34. The van der Waals surface area contributed by atoms with Gasteiger partial charge in [-0.15, -0.1) is 0 Å². The summed E-state index contributed by atoms with van der Waals surface area (Å²) in [6, 6.07) is 15.4. The van der Waals surface area contributed by atoms with Crippen LogP contribution in [0.2, 0.25) is 5.02 Å². The Hall–Kier alpha value is -4.06. The van der Waals surface area contributed by atoms with Gasteiger partial charge in [0, 0.05) is 29.9 Å². The quantitative estimate of drug-likeness (QED) is 0.207. The highest BCUT2D eigenvalue weighted by molar-refractivity contribution is 6.33. The van der Waals surface area contributed by atoms with E-state index in [1.807, 2.05) is 43.3 Å². The maximum absolute atomic E-state index is 9.91. The lowest BCUT2D eigenvalue weighted by Crippen LogP contribution is -2.35. The van der Waals surface area contributed by atoms with Gasteiger partial charge in [0.15, 0.2) is 11.5 Å². The minimum atomic E-state index is 0.340. The summed E-state index contributed by atoms with van der Waals surface area (Å²) in [5.41, 5.74) is 4.73. The number of nitriles is 1. The number of halogens is 1. The number of fused-ring (bicyclic) bond motifs is 1. The lowest BCUT2D eigenvalue weighted by Gasteiger charge is -2.34. The average Bonchev–Trinajstić information content (AvgIpc) is 3.42. The highest BCUT2D eigenvalue weighted by Gasteiger charge is 2.39. The van der Waals surface area contributed by atoms with Crippen LogP contribution >= 0.6 is 11.6 Å². The number of aryl methyl sites for hydroxylation is 1. The van der Waals surface area contributed by atoms with Crippen molar-refractivity contribution in [3.05, 3.63) is 76.7 Å². The first-order valence-electron chi connectivity index (χ1n) is 14.8. The maximum atomic E-state index is 9.91. The number of benzene rings is 2. The Morgan fingerprint density at radius 1 is 1.09 bits per heavy atom. The van der Waals surface area contributed by atoms with Gasteiger partial charge in [-0.2, -0.15) is 5.26 Å². The molecule has 1 saturated heterocycles. The highest BCUT2D eigenvalue weighted by atomic mass is 35.5. The second-order valence-electron chi connectivity index (χ2n) is 11.7. The molecule has 2 N–H and O–H groups in total. The summed E-state index contributed by atoms with van der Waals surface area (Å²) < 4.78 is 18.0. The Morgan fingerprint density at radius 2 is 1.95 bits per heavy atom. The van der Waals surface area contributed by atoms with Gasteiger partial charge in [0.1, 0.15) is 18.4 Å². The lowest BCUT2D eigenvalue weighted by atomic mass is 9.77. The molecule has 2 aromatic carbocycles. The zero-order valence-corrected chi connectivity index (χ0v) is 25.3. The van der Waals surface area contributed by atoms with E-state index in [1.54, 1.807) is 25.6 Å². The molecule has 6 rings (SSSR count). The van der Waals surface area contributed by atoms with Gasteiger partial charge in [0.2, 0.25) is 0 Å². The summed E-state index contributed by atoms with van der Waals surface area (Å²) in [6.45, 7) is 5.23. The van der Waals surface area contributed by atoms with Crippen LogP contribution in [0.15, 0.2) is 54.9 Å². The summed E-state index contributed by atoms with van der Waals surface area (Å²) in [6.07, 6.45) is 9.53. The van der Waals surface area contributed by atoms with Crippen LogP contribution in [0.4, 0.5) is 11.4 Å². The van der Waals surface area contributed by atoms with Crippen LogP contribution in [0.25, 0.3) is 10.9 Å². The predicted octanol–water partition coefficient (Wildman–Crippen LogP) is 7.34. The normalized spacial score (nSPS) is 17.5. The molecular formula is C34H36ClN5O3. The van der Waals surface area contributed by atoms with E-state index in [1.165, 1.54) is 32.1 Å². The summed E-state index contributed by atoms with van der Waals surface area (Å²) in [7, 11) is 1.63. The number of anilines is 2. The molecule has 4 aromatic rings. The van der Waals surface area contributed by atoms with Gasteiger partial charge in [-0.05, 0) is 93.3 Å². The van der Waals surface area contributed by atoms with Crippen LogP contribution in [-0.2, 0) is 6.61 Å². The Kier molecular flexibility index (Phi) is 8.55. The number of nitrogens with zero attached hydrogens (tertiary/aromatic N) is 3. The second-order valence-corrected chi connectivity index (χ2v) is 12.1. The SMILES string of the molecule is COc1cc2c(Nc3ccc(OCc4ncccc4C)cc3Cl)c(C#N)cnc2cc1OCC1CCC2(CCNCC2)C1. The first-order valence-corrected chi connectivity index (χ1v) is 15.2. The summed E-state index contributed by atoms with van der Waals surface area (Å²) in [4.78, 5) is 8.95. The van der Waals surface area contributed by atoms with E-state index in [0.29, 0.717) is 69.3 Å². The molecule has 2 aliphatic rings. The van der Waals surface area contributed by atoms with Crippen LogP contribution in [0.1, 0.15) is 48.9 Å². The number of methoxy groups -OCH3 is 1. The highest BCUT2D eigenvalue weighted by Crippen LogP contribution is 2.48. The van der Waals surface area contributed by atoms with Crippen molar-refractivity contribution >= 4 is 33.9 Å². The van der Waals surface area contributed by atoms with E-state index in [0.717, 1.165) is 29.7 Å². The van der Waals surface area contributed by atoms with Crippen molar-refractivity contribution in [3.63, 3.8) is 0 Å². The number of hydrogen-bond donors (Lipinski definition) is 2. The zero-order chi connectivity index (χ0) is 29.8. The molecule has 2 aromatic heterocycles. The van der Waals surface area contributed by atoms with Gasteiger partial charge < -0.3 is 24.8 Å². The summed E-state index contributed by atoms with van der Waals surface area (Å²) in [5, 5.41) is 18.0. The molecule has 8 nitrogen and oxygen atoms in total. The number of hydrogen-bond acceptors (Lipinski definition) is 8. The van der Waals surface area contributed by atoms with Crippen LogP contribution in [0.3, 0.4) is 0 Å². The van der Waals surface area contributed by atoms with Gasteiger partial charge in [-0.1, -0.05) is 17.7 Å². The molecule has 1 atom stereocenters. The number of pyridine rings is 2. The number of nitrogens with one attached hydrogen (secondary N) is 2. The number of aromatic nitrogens is 2. The Morgan fingerprint density at radius 3 is 2.72 bits per heavy atom. The molecule has 3 heterocycles. The molecule has 1 unspecified atom stereocenters. The van der Waals surface area contributed by atoms with Crippen LogP contribution < -0.4 is 24.8 Å². The molecule has 0 amide bonds. The van der Waals surface area contributed by atoms with E-state index in [4.69, 9.17) is 25.8 Å². The van der Waals surface area contributed by atoms with Crippen LogP contribution in [0, 0.1) is 29.6 Å². The van der Waals surface area contributed by atoms with E-state index < -0.39 is 0 Å². The molecule has 43 heavy (non-hydrogen) atoms. The van der Waals surface area contributed by atoms with Gasteiger partial charge in [0.05, 0.1) is 46.9 Å². The molecule has 9 heteroatoms. The fourth-order valence-electron chi connectivity index (χ4n) is 6.42. The Balaban J connectivity index is 1.20. The minimum absolute atomic E-state index is 0.340. The van der Waals surface area contributed by atoms with Crippen molar-refractivity contribution in [2.45, 2.75) is 45.6 Å². The largest absolute Gasteiger partial charge is 0.493 e. The van der Waals surface area contributed by atoms with Gasteiger partial charge >= 0.3 is 0 Å². The van der Waals surface area contributed by atoms with Crippen molar-refractivity contribution in [1.82, 2.24) is 15.3 Å². The Bertz CT molecular complexity index is 1660. The molecule has 2 fully saturated rings. The minimum Gasteiger partial charge on any atom is -0.493 e. The molecule has 1 aliphatic heterocycles. The standard InChI is InChI=1S/C34H36ClN5O3/c1-22-4-3-11-38-30(22)21-42-25-5-6-28(27(35)14-25)40-33-24(18-36)19-39-29-16-32(31(41-2)15-26(29)33)43-20-23-7-8-34(17-23)9-12-37-13-10-34/h3-6,11,14-16,19,23,37H,7-10,12-13,17,20-21H2,1-2H3,(H,39,40). The smallest absolute Gasteiger partial charge is 0.163 e. The molecule has 1 aliphatic carbocycles. The third-order valence-corrected chi connectivity index (χ3v) is 9.22. The van der Waals surface area contributed by atoms with Crippen molar-refractivity contribution < 1.29 is 14.2 Å². The fraction of sp³-hybridized carbons (Fsp3) is 0.382. The number of ether oxygens (including phenoxy) is 3. The van der Waals surface area contributed by atoms with E-state index in [2.05, 4.69) is 26.7 Å². The van der Waals surface area contributed by atoms with Crippen molar-refractivity contribution in [2.24, 2.45) is 11.3 Å². The monoisotopic (exact) mass is 597 g/mol. The summed E-state index contributed by atoms with van der Waals surface area (Å²) >= 11 is 6.68. The predicted molar refractivity (Wildman–Crippen MR) is 168 cm³/mol. The third-order valence-electron chi connectivity index (χ3n) is 8.91. The molecule has 0 radical (unpaired) electrons. The first-order chi connectivity index (χ1) is 21.0. The number of piperidine rings is 1. The first kappa shape index (κ1) is 29.0. The molecule has 0 bridgehead atoms. The van der Waals surface area contributed by atoms with E-state index >= 15 is 0 Å². The van der Waals surface area contributed by atoms with Crippen molar-refractivity contribution in [2.75, 3.05) is 32.1 Å². The number of rotatable bonds is 9. The van der Waals surface area contributed by atoms with Crippen molar-refractivity contribution in [3.8, 4) is 23.3 Å². The second kappa shape index (κ2) is 12.7. The van der Waals surface area contributed by atoms with Crippen LogP contribution in [-0.4, -0.2) is 36.8 Å².